The number of non-ortho nitro benzene ring substituents is 1. The number of halogens is 2. The predicted octanol–water partition coefficient (Wildman–Crippen LogP) is 3.65. The van der Waals surface area contributed by atoms with E-state index in [2.05, 4.69) is 15.5 Å². The molecule has 3 rings (SSSR count). The van der Waals surface area contributed by atoms with Crippen molar-refractivity contribution in [3.8, 4) is 11.5 Å². The van der Waals surface area contributed by atoms with Crippen molar-refractivity contribution in [1.29, 1.82) is 0 Å². The Balaban J connectivity index is 1.62. The summed E-state index contributed by atoms with van der Waals surface area (Å²) in [6, 6.07) is 8.45. The normalized spacial score (nSPS) is 10.6. The third kappa shape index (κ3) is 4.64. The van der Waals surface area contributed by atoms with E-state index in [9.17, 15) is 23.7 Å². The van der Waals surface area contributed by atoms with E-state index in [0.717, 1.165) is 23.9 Å². The van der Waals surface area contributed by atoms with Crippen LogP contribution in [0.4, 0.5) is 20.2 Å². The molecular weight excluding hydrogens is 382 g/mol. The number of thioether (sulfide) groups is 1. The first kappa shape index (κ1) is 18.5. The van der Waals surface area contributed by atoms with Gasteiger partial charge in [0, 0.05) is 23.8 Å². The van der Waals surface area contributed by atoms with Crippen molar-refractivity contribution in [3.63, 3.8) is 0 Å². The highest BCUT2D eigenvalue weighted by Crippen LogP contribution is 2.26. The molecule has 0 atom stereocenters. The second-order valence-corrected chi connectivity index (χ2v) is 6.07. The molecule has 0 aliphatic heterocycles. The van der Waals surface area contributed by atoms with E-state index in [4.69, 9.17) is 4.42 Å². The van der Waals surface area contributed by atoms with Crippen LogP contribution in [0.2, 0.25) is 0 Å². The van der Waals surface area contributed by atoms with Crippen LogP contribution in [0.5, 0.6) is 0 Å². The maximum atomic E-state index is 13.5. The summed E-state index contributed by atoms with van der Waals surface area (Å²) in [4.78, 5) is 22.1. The van der Waals surface area contributed by atoms with Gasteiger partial charge in [0.1, 0.15) is 11.6 Å². The van der Waals surface area contributed by atoms with Crippen molar-refractivity contribution in [1.82, 2.24) is 10.2 Å². The van der Waals surface area contributed by atoms with Gasteiger partial charge < -0.3 is 9.73 Å². The maximum absolute atomic E-state index is 13.5. The number of carbonyl (C=O) groups excluding carboxylic acids is 1. The largest absolute Gasteiger partial charge is 0.411 e. The lowest BCUT2D eigenvalue weighted by Crippen LogP contribution is -2.15. The highest BCUT2D eigenvalue weighted by molar-refractivity contribution is 7.99. The number of hydrogen-bond acceptors (Lipinski definition) is 7. The Morgan fingerprint density at radius 3 is 2.78 bits per heavy atom. The Bertz CT molecular complexity index is 1010. The number of anilines is 1. The van der Waals surface area contributed by atoms with Gasteiger partial charge >= 0.3 is 0 Å². The number of amides is 1. The van der Waals surface area contributed by atoms with Crippen LogP contribution in [-0.2, 0) is 4.79 Å². The minimum Gasteiger partial charge on any atom is -0.411 e. The Hall–Kier alpha value is -3.34. The minimum atomic E-state index is -0.890. The number of nitro benzene ring substituents is 1. The van der Waals surface area contributed by atoms with Crippen LogP contribution in [0, 0.1) is 21.7 Å². The molecule has 3 aromatic rings. The van der Waals surface area contributed by atoms with E-state index < -0.39 is 22.5 Å². The molecule has 8 nitrogen and oxygen atoms in total. The van der Waals surface area contributed by atoms with E-state index in [0.29, 0.717) is 11.6 Å². The fraction of sp³-hybridized carbons (Fsp3) is 0.0625. The summed E-state index contributed by atoms with van der Waals surface area (Å²) < 4.78 is 31.7. The molecule has 1 N–H and O–H groups in total. The molecule has 1 amide bonds. The van der Waals surface area contributed by atoms with Crippen LogP contribution < -0.4 is 5.32 Å². The number of nitro groups is 1. The van der Waals surface area contributed by atoms with Gasteiger partial charge in [0.2, 0.25) is 11.8 Å². The van der Waals surface area contributed by atoms with Crippen LogP contribution in [0.3, 0.4) is 0 Å². The SMILES string of the molecule is O=C(CSc1nnc(-c2cccc([N+](=O)[O-])c2)o1)Nc1ccc(F)cc1F. The van der Waals surface area contributed by atoms with Gasteiger partial charge in [0.25, 0.3) is 10.9 Å². The third-order valence-corrected chi connectivity index (χ3v) is 4.06. The summed E-state index contributed by atoms with van der Waals surface area (Å²) in [6.07, 6.45) is 0. The molecule has 0 saturated heterocycles. The molecule has 1 heterocycles. The van der Waals surface area contributed by atoms with Crippen molar-refractivity contribution in [2.45, 2.75) is 5.22 Å². The molecule has 27 heavy (non-hydrogen) atoms. The first-order valence-electron chi connectivity index (χ1n) is 7.38. The Labute approximate surface area is 154 Å². The van der Waals surface area contributed by atoms with Crippen molar-refractivity contribution in [2.24, 2.45) is 0 Å². The lowest BCUT2D eigenvalue weighted by molar-refractivity contribution is -0.384. The quantitative estimate of drug-likeness (QED) is 0.387. The summed E-state index contributed by atoms with van der Waals surface area (Å²) in [7, 11) is 0. The number of hydrogen-bond donors (Lipinski definition) is 1. The smallest absolute Gasteiger partial charge is 0.277 e. The molecule has 0 aliphatic rings. The predicted molar refractivity (Wildman–Crippen MR) is 92.1 cm³/mol. The number of rotatable bonds is 6. The van der Waals surface area contributed by atoms with Gasteiger partial charge in [0.05, 0.1) is 16.4 Å². The molecule has 0 radical (unpaired) electrons. The molecule has 0 unspecified atom stereocenters. The first-order chi connectivity index (χ1) is 12.9. The molecule has 11 heteroatoms. The lowest BCUT2D eigenvalue weighted by atomic mass is 10.2. The van der Waals surface area contributed by atoms with Gasteiger partial charge in [-0.2, -0.15) is 0 Å². The van der Waals surface area contributed by atoms with E-state index >= 15 is 0 Å². The van der Waals surface area contributed by atoms with E-state index in [1.54, 1.807) is 6.07 Å². The van der Waals surface area contributed by atoms with E-state index in [-0.39, 0.29) is 28.2 Å². The van der Waals surface area contributed by atoms with Gasteiger partial charge in [-0.15, -0.1) is 10.2 Å². The molecular formula is C16H10F2N4O4S. The maximum Gasteiger partial charge on any atom is 0.277 e. The zero-order valence-electron chi connectivity index (χ0n) is 13.4. The first-order valence-corrected chi connectivity index (χ1v) is 8.37. The van der Waals surface area contributed by atoms with Gasteiger partial charge in [-0.1, -0.05) is 17.8 Å². The van der Waals surface area contributed by atoms with Gasteiger partial charge in [0.15, 0.2) is 0 Å². The summed E-state index contributed by atoms with van der Waals surface area (Å²) in [5.41, 5.74) is 0.0896. The van der Waals surface area contributed by atoms with Gasteiger partial charge in [-0.25, -0.2) is 8.78 Å². The average molecular weight is 392 g/mol. The zero-order valence-corrected chi connectivity index (χ0v) is 14.2. The average Bonchev–Trinajstić information content (AvgIpc) is 3.11. The summed E-state index contributed by atoms with van der Waals surface area (Å²) in [6.45, 7) is 0. The van der Waals surface area contributed by atoms with Crippen LogP contribution >= 0.6 is 11.8 Å². The third-order valence-electron chi connectivity index (χ3n) is 3.24. The second-order valence-electron chi connectivity index (χ2n) is 5.14. The molecule has 0 fully saturated rings. The molecule has 2 aromatic carbocycles. The highest BCUT2D eigenvalue weighted by atomic mass is 32.2. The highest BCUT2D eigenvalue weighted by Gasteiger charge is 2.15. The van der Waals surface area contributed by atoms with E-state index in [1.165, 1.54) is 18.2 Å². The van der Waals surface area contributed by atoms with Crippen molar-refractivity contribution < 1.29 is 22.9 Å². The topological polar surface area (TPSA) is 111 Å². The van der Waals surface area contributed by atoms with Crippen molar-refractivity contribution in [2.75, 3.05) is 11.1 Å². The minimum absolute atomic E-state index is 0.0613. The number of benzene rings is 2. The van der Waals surface area contributed by atoms with Gasteiger partial charge in [-0.05, 0) is 18.2 Å². The molecule has 0 aliphatic carbocycles. The molecule has 1 aromatic heterocycles. The fourth-order valence-electron chi connectivity index (χ4n) is 2.04. The molecule has 0 spiro atoms. The van der Waals surface area contributed by atoms with Crippen molar-refractivity contribution >= 4 is 29.0 Å². The number of aromatic nitrogens is 2. The molecule has 0 saturated carbocycles. The Kier molecular flexibility index (Phi) is 5.41. The van der Waals surface area contributed by atoms with Crippen LogP contribution in [0.1, 0.15) is 0 Å². The number of carbonyl (C=O) groups is 1. The lowest BCUT2D eigenvalue weighted by Gasteiger charge is -2.05. The van der Waals surface area contributed by atoms with Crippen LogP contribution in [-0.4, -0.2) is 26.8 Å². The second kappa shape index (κ2) is 7.91. The van der Waals surface area contributed by atoms with Crippen molar-refractivity contribution in [3.05, 3.63) is 64.2 Å². The summed E-state index contributed by atoms with van der Waals surface area (Å²) in [5.74, 6) is -2.29. The standard InChI is InChI=1S/C16H10F2N4O4S/c17-10-4-5-13(12(18)7-10)19-14(23)8-27-16-21-20-15(26-16)9-2-1-3-11(6-9)22(24)25/h1-7H,8H2,(H,19,23). The molecule has 0 bridgehead atoms. The van der Waals surface area contributed by atoms with Gasteiger partial charge in [-0.3, -0.25) is 14.9 Å². The van der Waals surface area contributed by atoms with Crippen LogP contribution in [0.25, 0.3) is 11.5 Å². The summed E-state index contributed by atoms with van der Waals surface area (Å²) >= 11 is 0.900. The van der Waals surface area contributed by atoms with E-state index in [1.807, 2.05) is 0 Å². The number of nitrogens with zero attached hydrogens (tertiary/aromatic N) is 3. The van der Waals surface area contributed by atoms with Crippen LogP contribution in [0.15, 0.2) is 52.1 Å². The molecule has 138 valence electrons. The summed E-state index contributed by atoms with van der Waals surface area (Å²) in [5, 5.41) is 20.7. The monoisotopic (exact) mass is 392 g/mol. The fourth-order valence-corrected chi connectivity index (χ4v) is 2.60. The zero-order chi connectivity index (χ0) is 19.4. The number of nitrogens with one attached hydrogen (secondary N) is 1. The Morgan fingerprint density at radius 1 is 1.22 bits per heavy atom. The Morgan fingerprint density at radius 2 is 2.04 bits per heavy atom.